The van der Waals surface area contributed by atoms with Gasteiger partial charge >= 0.3 is 0 Å². The van der Waals surface area contributed by atoms with Crippen LogP contribution in [0.3, 0.4) is 0 Å². The van der Waals surface area contributed by atoms with Crippen LogP contribution in [0.1, 0.15) is 30.4 Å². The van der Waals surface area contributed by atoms with Crippen molar-refractivity contribution < 1.29 is 9.18 Å². The number of rotatable bonds is 6. The minimum Gasteiger partial charge on any atom is -0.361 e. The number of amides is 1. The van der Waals surface area contributed by atoms with Crippen LogP contribution < -0.4 is 0 Å². The zero-order valence-corrected chi connectivity index (χ0v) is 14.0. The molecule has 0 spiro atoms. The van der Waals surface area contributed by atoms with Gasteiger partial charge in [-0.1, -0.05) is 36.4 Å². The summed E-state index contributed by atoms with van der Waals surface area (Å²) in [4.78, 5) is 17.9. The first-order chi connectivity index (χ1) is 12.2. The number of benzene rings is 2. The van der Waals surface area contributed by atoms with E-state index in [9.17, 15) is 9.18 Å². The molecule has 1 aromatic heterocycles. The number of hydrogen-bond acceptors (Lipinski definition) is 1. The molecule has 3 aromatic rings. The number of nitrogens with zero attached hydrogens (tertiary/aromatic N) is 1. The molecule has 0 aliphatic heterocycles. The number of carbonyl (C=O) groups excluding carboxylic acids is 1. The summed E-state index contributed by atoms with van der Waals surface area (Å²) in [5.41, 5.74) is 2.84. The molecule has 4 heteroatoms. The second-order valence-electron chi connectivity index (χ2n) is 6.70. The molecule has 1 aliphatic carbocycles. The standard InChI is InChI=1S/C21H21FN2O/c22-19-7-3-1-5-16(19)14-24(17-10-11-17)21(25)12-9-15-13-23-20-8-4-2-6-18(15)20/h1-8,13,17,23H,9-12,14H2. The number of carbonyl (C=O) groups is 1. The molecule has 4 rings (SSSR count). The van der Waals surface area contributed by atoms with Crippen LogP contribution in [-0.2, 0) is 17.8 Å². The second-order valence-corrected chi connectivity index (χ2v) is 6.70. The normalized spacial score (nSPS) is 14.0. The van der Waals surface area contributed by atoms with Gasteiger partial charge in [-0.3, -0.25) is 4.79 Å². The van der Waals surface area contributed by atoms with Gasteiger partial charge in [0.1, 0.15) is 5.82 Å². The van der Waals surface area contributed by atoms with Gasteiger partial charge in [0.2, 0.25) is 5.91 Å². The lowest BCUT2D eigenvalue weighted by Gasteiger charge is -2.23. The summed E-state index contributed by atoms with van der Waals surface area (Å²) in [6, 6.07) is 15.1. The summed E-state index contributed by atoms with van der Waals surface area (Å²) in [6.07, 6.45) is 5.17. The van der Waals surface area contributed by atoms with E-state index in [0.29, 0.717) is 24.9 Å². The minimum absolute atomic E-state index is 0.107. The third-order valence-corrected chi connectivity index (χ3v) is 4.89. The van der Waals surface area contributed by atoms with Gasteiger partial charge in [0.05, 0.1) is 0 Å². The summed E-state index contributed by atoms with van der Waals surface area (Å²) in [5.74, 6) is -0.131. The molecule has 1 aliphatic rings. The highest BCUT2D eigenvalue weighted by molar-refractivity contribution is 5.84. The molecule has 1 fully saturated rings. The van der Waals surface area contributed by atoms with Crippen molar-refractivity contribution in [2.24, 2.45) is 0 Å². The van der Waals surface area contributed by atoms with Gasteiger partial charge in [0, 0.05) is 41.7 Å². The van der Waals surface area contributed by atoms with Gasteiger partial charge in [0.15, 0.2) is 0 Å². The van der Waals surface area contributed by atoms with Crippen molar-refractivity contribution in [1.82, 2.24) is 9.88 Å². The Bertz CT molecular complexity index is 898. The van der Waals surface area contributed by atoms with Gasteiger partial charge in [-0.25, -0.2) is 4.39 Å². The monoisotopic (exact) mass is 336 g/mol. The first kappa shape index (κ1) is 15.9. The van der Waals surface area contributed by atoms with Crippen molar-refractivity contribution in [3.05, 3.63) is 71.7 Å². The second kappa shape index (κ2) is 6.71. The molecule has 2 aromatic carbocycles. The summed E-state index contributed by atoms with van der Waals surface area (Å²) in [7, 11) is 0. The van der Waals surface area contributed by atoms with E-state index in [2.05, 4.69) is 11.1 Å². The smallest absolute Gasteiger partial charge is 0.223 e. The summed E-state index contributed by atoms with van der Waals surface area (Å²) < 4.78 is 13.9. The molecule has 0 saturated heterocycles. The third-order valence-electron chi connectivity index (χ3n) is 4.89. The summed E-state index contributed by atoms with van der Waals surface area (Å²) in [5, 5.41) is 1.17. The van der Waals surface area contributed by atoms with Gasteiger partial charge in [0.25, 0.3) is 0 Å². The molecular weight excluding hydrogens is 315 g/mol. The maximum atomic E-state index is 13.9. The highest BCUT2D eigenvalue weighted by Gasteiger charge is 2.32. The number of aromatic amines is 1. The Labute approximate surface area is 146 Å². The maximum Gasteiger partial charge on any atom is 0.223 e. The lowest BCUT2D eigenvalue weighted by Crippen LogP contribution is -2.33. The zero-order chi connectivity index (χ0) is 17.2. The number of aryl methyl sites for hydroxylation is 1. The molecule has 0 atom stereocenters. The summed E-state index contributed by atoms with van der Waals surface area (Å²) in [6.45, 7) is 0.365. The average Bonchev–Trinajstić information content (AvgIpc) is 3.39. The first-order valence-corrected chi connectivity index (χ1v) is 8.80. The van der Waals surface area contributed by atoms with E-state index in [1.807, 2.05) is 35.4 Å². The minimum atomic E-state index is -0.238. The van der Waals surface area contributed by atoms with Crippen LogP contribution in [0.15, 0.2) is 54.7 Å². The van der Waals surface area contributed by atoms with Crippen LogP contribution in [0.5, 0.6) is 0 Å². The van der Waals surface area contributed by atoms with Crippen molar-refractivity contribution in [2.75, 3.05) is 0 Å². The third kappa shape index (κ3) is 3.43. The molecule has 1 saturated carbocycles. The average molecular weight is 336 g/mol. The number of aromatic nitrogens is 1. The van der Waals surface area contributed by atoms with Crippen LogP contribution in [0.2, 0.25) is 0 Å². The molecule has 3 nitrogen and oxygen atoms in total. The first-order valence-electron chi connectivity index (χ1n) is 8.80. The van der Waals surface area contributed by atoms with Crippen molar-refractivity contribution in [3.8, 4) is 0 Å². The molecule has 0 unspecified atom stereocenters. The van der Waals surface area contributed by atoms with E-state index in [1.165, 1.54) is 11.5 Å². The number of halogens is 1. The molecule has 1 heterocycles. The zero-order valence-electron chi connectivity index (χ0n) is 14.0. The van der Waals surface area contributed by atoms with Crippen LogP contribution in [0.4, 0.5) is 4.39 Å². The van der Waals surface area contributed by atoms with Crippen LogP contribution in [0.25, 0.3) is 10.9 Å². The topological polar surface area (TPSA) is 36.1 Å². The number of nitrogens with one attached hydrogen (secondary N) is 1. The predicted octanol–water partition coefficient (Wildman–Crippen LogP) is 4.43. The van der Waals surface area contributed by atoms with E-state index in [-0.39, 0.29) is 17.8 Å². The fourth-order valence-electron chi connectivity index (χ4n) is 3.34. The Kier molecular flexibility index (Phi) is 4.26. The number of hydrogen-bond donors (Lipinski definition) is 1. The highest BCUT2D eigenvalue weighted by Crippen LogP contribution is 2.30. The van der Waals surface area contributed by atoms with Crippen LogP contribution in [-0.4, -0.2) is 21.8 Å². The lowest BCUT2D eigenvalue weighted by atomic mass is 10.1. The largest absolute Gasteiger partial charge is 0.361 e. The maximum absolute atomic E-state index is 13.9. The quantitative estimate of drug-likeness (QED) is 0.710. The summed E-state index contributed by atoms with van der Waals surface area (Å²) >= 11 is 0. The van der Waals surface area contributed by atoms with Gasteiger partial charge in [-0.05, 0) is 37.0 Å². The SMILES string of the molecule is O=C(CCc1c[nH]c2ccccc12)N(Cc1ccccc1F)C1CC1. The predicted molar refractivity (Wildman–Crippen MR) is 96.6 cm³/mol. The molecular formula is C21H21FN2O. The molecule has 128 valence electrons. The highest BCUT2D eigenvalue weighted by atomic mass is 19.1. The molecule has 0 bridgehead atoms. The van der Waals surface area contributed by atoms with Crippen molar-refractivity contribution >= 4 is 16.8 Å². The molecule has 1 N–H and O–H groups in total. The Morgan fingerprint density at radius 3 is 2.64 bits per heavy atom. The number of H-pyrrole nitrogens is 1. The van der Waals surface area contributed by atoms with Crippen molar-refractivity contribution in [1.29, 1.82) is 0 Å². The van der Waals surface area contributed by atoms with Crippen molar-refractivity contribution in [3.63, 3.8) is 0 Å². The van der Waals surface area contributed by atoms with Gasteiger partial charge < -0.3 is 9.88 Å². The van der Waals surface area contributed by atoms with Gasteiger partial charge in [-0.15, -0.1) is 0 Å². The van der Waals surface area contributed by atoms with E-state index < -0.39 is 0 Å². The number of para-hydroxylation sites is 1. The van der Waals surface area contributed by atoms with E-state index in [0.717, 1.165) is 23.9 Å². The van der Waals surface area contributed by atoms with Crippen LogP contribution in [0, 0.1) is 5.82 Å². The van der Waals surface area contributed by atoms with E-state index in [4.69, 9.17) is 0 Å². The number of fused-ring (bicyclic) bond motifs is 1. The Morgan fingerprint density at radius 2 is 1.84 bits per heavy atom. The van der Waals surface area contributed by atoms with E-state index >= 15 is 0 Å². The lowest BCUT2D eigenvalue weighted by molar-refractivity contribution is -0.132. The van der Waals surface area contributed by atoms with Crippen LogP contribution >= 0.6 is 0 Å². The molecule has 1 amide bonds. The fraction of sp³-hybridized carbons (Fsp3) is 0.286. The Balaban J connectivity index is 1.45. The van der Waals surface area contributed by atoms with Crippen molar-refractivity contribution in [2.45, 2.75) is 38.3 Å². The molecule has 25 heavy (non-hydrogen) atoms. The molecule has 0 radical (unpaired) electrons. The Morgan fingerprint density at radius 1 is 1.08 bits per heavy atom. The Hall–Kier alpha value is -2.62. The van der Waals surface area contributed by atoms with E-state index in [1.54, 1.807) is 12.1 Å². The van der Waals surface area contributed by atoms with Gasteiger partial charge in [-0.2, -0.15) is 0 Å². The fourth-order valence-corrected chi connectivity index (χ4v) is 3.34.